The number of hydrogen-bond acceptors (Lipinski definition) is 6. The molecule has 1 heterocycles. The van der Waals surface area contributed by atoms with Crippen molar-refractivity contribution in [1.82, 2.24) is 10.0 Å². The van der Waals surface area contributed by atoms with Gasteiger partial charge in [-0.15, -0.1) is 0 Å². The van der Waals surface area contributed by atoms with E-state index >= 15 is 0 Å². The first-order valence-corrected chi connectivity index (χ1v) is 8.12. The third-order valence-corrected chi connectivity index (χ3v) is 4.64. The van der Waals surface area contributed by atoms with Crippen molar-refractivity contribution in [3.05, 3.63) is 17.7 Å². The smallest absolute Gasteiger partial charge is 0.241 e. The molecule has 7 nitrogen and oxygen atoms in total. The average Bonchev–Trinajstić information content (AvgIpc) is 2.88. The second-order valence-corrected chi connectivity index (χ2v) is 6.35. The van der Waals surface area contributed by atoms with Crippen molar-refractivity contribution in [2.45, 2.75) is 11.8 Å². The molecule has 0 saturated carbocycles. The lowest BCUT2D eigenvalue weighted by Crippen LogP contribution is -2.33. The maximum atomic E-state index is 12.3. The molecule has 0 aromatic heterocycles. The average molecular weight is 316 g/mol. The summed E-state index contributed by atoms with van der Waals surface area (Å²) in [6.07, 6.45) is 0. The van der Waals surface area contributed by atoms with Crippen molar-refractivity contribution >= 4 is 10.0 Å². The fourth-order valence-electron chi connectivity index (χ4n) is 1.97. The molecule has 0 amide bonds. The number of nitrogens with one attached hydrogen (secondary N) is 2. The van der Waals surface area contributed by atoms with Crippen molar-refractivity contribution in [2.24, 2.45) is 0 Å². The molecule has 1 aliphatic heterocycles. The maximum Gasteiger partial charge on any atom is 0.241 e. The van der Waals surface area contributed by atoms with Crippen LogP contribution in [0.15, 0.2) is 17.0 Å². The summed E-state index contributed by atoms with van der Waals surface area (Å²) < 4.78 is 42.5. The normalized spacial score (nSPS) is 13.6. The predicted molar refractivity (Wildman–Crippen MR) is 77.2 cm³/mol. The van der Waals surface area contributed by atoms with E-state index in [9.17, 15) is 8.42 Å². The third-order valence-electron chi connectivity index (χ3n) is 3.04. The Balaban J connectivity index is 1.96. The number of ether oxygens (including phenoxy) is 3. The maximum absolute atomic E-state index is 12.3. The number of fused-ring (bicyclic) bond motifs is 1. The second-order valence-electron chi connectivity index (χ2n) is 4.61. The molecule has 0 spiro atoms. The molecule has 118 valence electrons. The number of methoxy groups -OCH3 is 1. The second kappa shape index (κ2) is 7.08. The Morgan fingerprint density at radius 1 is 1.19 bits per heavy atom. The van der Waals surface area contributed by atoms with Crippen LogP contribution in [0.2, 0.25) is 0 Å². The molecule has 8 heteroatoms. The molecule has 0 saturated heterocycles. The third kappa shape index (κ3) is 4.07. The van der Waals surface area contributed by atoms with Crippen LogP contribution in [0, 0.1) is 6.92 Å². The minimum atomic E-state index is -3.56. The fourth-order valence-corrected chi connectivity index (χ4v) is 3.24. The molecule has 0 atom stereocenters. The zero-order chi connectivity index (χ0) is 15.3. The molecule has 0 fully saturated rings. The molecule has 2 N–H and O–H groups in total. The van der Waals surface area contributed by atoms with Gasteiger partial charge in [0.2, 0.25) is 16.8 Å². The van der Waals surface area contributed by atoms with Gasteiger partial charge in [-0.05, 0) is 18.6 Å². The largest absolute Gasteiger partial charge is 0.454 e. The van der Waals surface area contributed by atoms with E-state index in [1.54, 1.807) is 20.1 Å². The Bertz CT molecular complexity index is 588. The predicted octanol–water partition coefficient (Wildman–Crippen LogP) is 0.238. The number of benzene rings is 1. The van der Waals surface area contributed by atoms with Crippen LogP contribution in [0.4, 0.5) is 0 Å². The molecule has 0 radical (unpaired) electrons. The number of hydrogen-bond donors (Lipinski definition) is 2. The summed E-state index contributed by atoms with van der Waals surface area (Å²) in [6.45, 7) is 3.96. The summed E-state index contributed by atoms with van der Waals surface area (Å²) in [4.78, 5) is 0.212. The molecular formula is C13H20N2O5S. The van der Waals surface area contributed by atoms with Crippen molar-refractivity contribution in [3.8, 4) is 11.5 Å². The molecule has 0 bridgehead atoms. The van der Waals surface area contributed by atoms with Crippen LogP contribution < -0.4 is 19.5 Å². The standard InChI is InChI=1S/C13H20N2O5S/c1-10-7-11-12(20-9-19-11)8-13(10)21(16,17)15-4-3-14-5-6-18-2/h7-8,14-15H,3-6,9H2,1-2H3. The monoisotopic (exact) mass is 316 g/mol. The summed E-state index contributed by atoms with van der Waals surface area (Å²) in [5.41, 5.74) is 0.624. The minimum absolute atomic E-state index is 0.120. The van der Waals surface area contributed by atoms with Crippen LogP contribution in [-0.2, 0) is 14.8 Å². The minimum Gasteiger partial charge on any atom is -0.454 e. The summed E-state index contributed by atoms with van der Waals surface area (Å²) in [5, 5.41) is 3.07. The highest BCUT2D eigenvalue weighted by Crippen LogP contribution is 2.35. The quantitative estimate of drug-likeness (QED) is 0.668. The van der Waals surface area contributed by atoms with Crippen molar-refractivity contribution in [3.63, 3.8) is 0 Å². The highest BCUT2D eigenvalue weighted by molar-refractivity contribution is 7.89. The molecule has 1 aliphatic rings. The van der Waals surface area contributed by atoms with Gasteiger partial charge in [0.1, 0.15) is 0 Å². The Morgan fingerprint density at radius 3 is 2.62 bits per heavy atom. The highest BCUT2D eigenvalue weighted by atomic mass is 32.2. The van der Waals surface area contributed by atoms with Crippen molar-refractivity contribution in [1.29, 1.82) is 0 Å². The van der Waals surface area contributed by atoms with Gasteiger partial charge in [-0.3, -0.25) is 0 Å². The lowest BCUT2D eigenvalue weighted by atomic mass is 10.2. The topological polar surface area (TPSA) is 85.9 Å². The van der Waals surface area contributed by atoms with Crippen LogP contribution in [0.5, 0.6) is 11.5 Å². The first kappa shape index (κ1) is 16.0. The number of rotatable bonds is 8. The summed E-state index contributed by atoms with van der Waals surface area (Å²) >= 11 is 0. The van der Waals surface area contributed by atoms with E-state index in [4.69, 9.17) is 14.2 Å². The zero-order valence-corrected chi connectivity index (χ0v) is 13.0. The number of aryl methyl sites for hydroxylation is 1. The molecule has 0 aliphatic carbocycles. The van der Waals surface area contributed by atoms with E-state index in [-0.39, 0.29) is 11.7 Å². The Morgan fingerprint density at radius 2 is 1.90 bits per heavy atom. The molecule has 2 rings (SSSR count). The summed E-state index contributed by atoms with van der Waals surface area (Å²) in [5.74, 6) is 1.03. The van der Waals surface area contributed by atoms with Gasteiger partial charge in [0.05, 0.1) is 11.5 Å². The fraction of sp³-hybridized carbons (Fsp3) is 0.538. The molecule has 1 aromatic carbocycles. The lowest BCUT2D eigenvalue weighted by molar-refractivity contribution is 0.174. The van der Waals surface area contributed by atoms with Crippen molar-refractivity contribution in [2.75, 3.05) is 40.1 Å². The Hall–Kier alpha value is -1.35. The first-order valence-electron chi connectivity index (χ1n) is 6.64. The molecule has 21 heavy (non-hydrogen) atoms. The molecule has 1 aromatic rings. The zero-order valence-electron chi connectivity index (χ0n) is 12.1. The van der Waals surface area contributed by atoms with E-state index < -0.39 is 10.0 Å². The van der Waals surface area contributed by atoms with E-state index in [0.29, 0.717) is 43.3 Å². The molecule has 0 unspecified atom stereocenters. The van der Waals surface area contributed by atoms with Crippen LogP contribution >= 0.6 is 0 Å². The van der Waals surface area contributed by atoms with E-state index in [0.717, 1.165) is 0 Å². The Kier molecular flexibility index (Phi) is 5.40. The number of sulfonamides is 1. The van der Waals surface area contributed by atoms with Gasteiger partial charge in [0, 0.05) is 32.8 Å². The van der Waals surface area contributed by atoms with Crippen molar-refractivity contribution < 1.29 is 22.6 Å². The van der Waals surface area contributed by atoms with Crippen LogP contribution in [0.3, 0.4) is 0 Å². The van der Waals surface area contributed by atoms with Gasteiger partial charge in [-0.1, -0.05) is 0 Å². The van der Waals surface area contributed by atoms with Crippen LogP contribution in [-0.4, -0.2) is 48.6 Å². The van der Waals surface area contributed by atoms with E-state index in [1.165, 1.54) is 6.07 Å². The lowest BCUT2D eigenvalue weighted by Gasteiger charge is -2.10. The highest BCUT2D eigenvalue weighted by Gasteiger charge is 2.22. The van der Waals surface area contributed by atoms with E-state index in [1.807, 2.05) is 0 Å². The SMILES string of the molecule is COCCNCCNS(=O)(=O)c1cc2c(cc1C)OCO2. The van der Waals surface area contributed by atoms with Gasteiger partial charge in [-0.2, -0.15) is 0 Å². The van der Waals surface area contributed by atoms with E-state index in [2.05, 4.69) is 10.0 Å². The van der Waals surface area contributed by atoms with Crippen LogP contribution in [0.25, 0.3) is 0 Å². The van der Waals surface area contributed by atoms with Gasteiger partial charge >= 0.3 is 0 Å². The Labute approximate surface area is 124 Å². The van der Waals surface area contributed by atoms with Crippen LogP contribution in [0.1, 0.15) is 5.56 Å². The summed E-state index contributed by atoms with van der Waals surface area (Å²) in [6, 6.07) is 3.17. The summed E-state index contributed by atoms with van der Waals surface area (Å²) in [7, 11) is -1.94. The van der Waals surface area contributed by atoms with Gasteiger partial charge < -0.3 is 19.5 Å². The molecular weight excluding hydrogens is 296 g/mol. The van der Waals surface area contributed by atoms with Gasteiger partial charge in [0.15, 0.2) is 11.5 Å². The van der Waals surface area contributed by atoms with Gasteiger partial charge in [-0.25, -0.2) is 13.1 Å². The first-order chi connectivity index (χ1) is 10.0. The van der Waals surface area contributed by atoms with Gasteiger partial charge in [0.25, 0.3) is 0 Å².